The van der Waals surface area contributed by atoms with Gasteiger partial charge in [-0.15, -0.1) is 0 Å². The number of cyclic esters (lactones) is 4. The van der Waals surface area contributed by atoms with Gasteiger partial charge in [0.2, 0.25) is 0 Å². The Morgan fingerprint density at radius 3 is 2.24 bits per heavy atom. The van der Waals surface area contributed by atoms with Gasteiger partial charge in [-0.1, -0.05) is 37.1 Å². The first-order valence-electron chi connectivity index (χ1n) is 16.7. The minimum absolute atomic E-state index is 0.0712. The van der Waals surface area contributed by atoms with Gasteiger partial charge in [0.1, 0.15) is 17.3 Å². The van der Waals surface area contributed by atoms with Crippen molar-refractivity contribution in [2.45, 2.75) is 62.9 Å². The zero-order valence-corrected chi connectivity index (χ0v) is 27.1. The van der Waals surface area contributed by atoms with Gasteiger partial charge < -0.3 is 18.9 Å². The predicted octanol–water partition coefficient (Wildman–Crippen LogP) is 6.06. The second-order valence-electron chi connectivity index (χ2n) is 12.7. The number of carbonyl (C=O) groups excluding carboxylic acids is 6. The van der Waals surface area contributed by atoms with Crippen LogP contribution in [0.2, 0.25) is 0 Å². The molecule has 0 bridgehead atoms. The molecule has 50 heavy (non-hydrogen) atoms. The quantitative estimate of drug-likeness (QED) is 0.0464. The topological polar surface area (TPSA) is 139 Å². The van der Waals surface area contributed by atoms with Gasteiger partial charge in [0, 0.05) is 5.56 Å². The number of fused-ring (bicyclic) bond motifs is 3. The molecule has 2 saturated heterocycles. The molecular formula is C39H35FO10. The van der Waals surface area contributed by atoms with Gasteiger partial charge >= 0.3 is 23.9 Å². The van der Waals surface area contributed by atoms with Crippen LogP contribution in [0.15, 0.2) is 72.8 Å². The van der Waals surface area contributed by atoms with Crippen molar-refractivity contribution >= 4 is 42.0 Å². The van der Waals surface area contributed by atoms with Gasteiger partial charge in [0.05, 0.1) is 30.8 Å². The molecule has 0 radical (unpaired) electrons. The van der Waals surface area contributed by atoms with Gasteiger partial charge in [-0.25, -0.2) is 4.39 Å². The maximum atomic E-state index is 13.1. The number of ketones is 1. The highest BCUT2D eigenvalue weighted by molar-refractivity contribution is 6.06. The lowest BCUT2D eigenvalue weighted by Crippen LogP contribution is -2.31. The second kappa shape index (κ2) is 15.4. The molecule has 2 heterocycles. The Kier molecular flexibility index (Phi) is 10.6. The van der Waals surface area contributed by atoms with E-state index in [2.05, 4.69) is 0 Å². The van der Waals surface area contributed by atoms with Gasteiger partial charge in [-0.2, -0.15) is 0 Å². The number of hydrogen-bond acceptors (Lipinski definition) is 10. The van der Waals surface area contributed by atoms with Crippen LogP contribution in [-0.2, 0) is 33.4 Å². The van der Waals surface area contributed by atoms with Crippen molar-refractivity contribution in [1.29, 1.82) is 0 Å². The van der Waals surface area contributed by atoms with Crippen molar-refractivity contribution < 1.29 is 52.1 Å². The smallest absolute Gasteiger partial charge is 0.321 e. The predicted molar refractivity (Wildman–Crippen MR) is 176 cm³/mol. The minimum Gasteiger partial charge on any atom is -0.494 e. The molecule has 0 aromatic heterocycles. The van der Waals surface area contributed by atoms with Crippen LogP contribution in [0.5, 0.6) is 11.5 Å². The van der Waals surface area contributed by atoms with E-state index in [4.69, 9.17) is 18.9 Å². The fourth-order valence-electron chi connectivity index (χ4n) is 6.81. The molecule has 3 aliphatic rings. The van der Waals surface area contributed by atoms with E-state index < -0.39 is 59.5 Å². The third-order valence-corrected chi connectivity index (χ3v) is 9.38. The molecule has 3 aromatic carbocycles. The third kappa shape index (κ3) is 7.88. The molecule has 2 fully saturated rings. The van der Waals surface area contributed by atoms with Crippen LogP contribution >= 0.6 is 0 Å². The lowest BCUT2D eigenvalue weighted by molar-refractivity contribution is -0.155. The lowest BCUT2D eigenvalue weighted by Gasteiger charge is -2.33. The highest BCUT2D eigenvalue weighted by Crippen LogP contribution is 2.51. The maximum absolute atomic E-state index is 13.1. The Hall–Kier alpha value is -5.45. The summed E-state index contributed by atoms with van der Waals surface area (Å²) in [7, 11) is 0. The fourth-order valence-corrected chi connectivity index (χ4v) is 6.81. The van der Waals surface area contributed by atoms with Crippen LogP contribution < -0.4 is 9.47 Å². The summed E-state index contributed by atoms with van der Waals surface area (Å²) in [5, 5.41) is 0. The van der Waals surface area contributed by atoms with Gasteiger partial charge in [-0.05, 0) is 103 Å². The molecule has 0 spiro atoms. The fraction of sp³-hybridized carbons (Fsp3) is 0.333. The van der Waals surface area contributed by atoms with Crippen molar-refractivity contribution in [2.24, 2.45) is 11.8 Å². The number of unbranched alkanes of at least 4 members (excludes halogenated alkanes) is 3. The molecule has 3 aromatic rings. The van der Waals surface area contributed by atoms with E-state index in [1.165, 1.54) is 30.3 Å². The van der Waals surface area contributed by atoms with E-state index in [1.54, 1.807) is 48.5 Å². The van der Waals surface area contributed by atoms with Gasteiger partial charge in [-0.3, -0.25) is 28.8 Å². The highest BCUT2D eigenvalue weighted by Gasteiger charge is 2.53. The molecule has 0 saturated carbocycles. The molecule has 258 valence electrons. The molecule has 5 unspecified atom stereocenters. The first-order chi connectivity index (χ1) is 24.2. The van der Waals surface area contributed by atoms with Crippen LogP contribution in [0.3, 0.4) is 0 Å². The van der Waals surface area contributed by atoms with Crippen LogP contribution in [0, 0.1) is 17.7 Å². The van der Waals surface area contributed by atoms with E-state index >= 15 is 0 Å². The average Bonchev–Trinajstić information content (AvgIpc) is 3.61. The van der Waals surface area contributed by atoms with Crippen LogP contribution in [-0.4, -0.2) is 48.7 Å². The lowest BCUT2D eigenvalue weighted by atomic mass is 9.67. The number of esters is 4. The standard InChI is InChI=1S/C39H35FO10/c40-25-11-9-24(10-12-25)34(42)17-8-23-6-13-26(14-7-23)48-28(22-41)5-3-1-2-4-18-47-27-15-16-29-30(32-21-35(43)49-37(32)44)20-33-36(31(29)19-27)39(46)50-38(33)45/h6-17,19,22,28,30,32-33,36H,1-5,18,20-21H2. The Morgan fingerprint density at radius 2 is 1.52 bits per heavy atom. The highest BCUT2D eigenvalue weighted by atomic mass is 19.1. The number of rotatable bonds is 15. The largest absolute Gasteiger partial charge is 0.494 e. The number of benzene rings is 3. The number of hydrogen-bond donors (Lipinski definition) is 0. The maximum Gasteiger partial charge on any atom is 0.321 e. The first kappa shape index (κ1) is 34.4. The minimum atomic E-state index is -0.780. The zero-order valence-electron chi connectivity index (χ0n) is 27.1. The van der Waals surface area contributed by atoms with Crippen molar-refractivity contribution in [3.63, 3.8) is 0 Å². The van der Waals surface area contributed by atoms with Crippen molar-refractivity contribution in [3.05, 3.63) is 101 Å². The number of allylic oxidation sites excluding steroid dienone is 1. The summed E-state index contributed by atoms with van der Waals surface area (Å²) in [6.07, 6.45) is 7.15. The third-order valence-electron chi connectivity index (χ3n) is 9.38. The summed E-state index contributed by atoms with van der Waals surface area (Å²) in [6, 6.07) is 17.6. The molecule has 11 heteroatoms. The average molecular weight is 683 g/mol. The van der Waals surface area contributed by atoms with Crippen molar-refractivity contribution in [3.8, 4) is 11.5 Å². The normalized spacial score (nSPS) is 21.7. The van der Waals surface area contributed by atoms with Gasteiger partial charge in [0.25, 0.3) is 0 Å². The molecule has 0 amide bonds. The number of aldehydes is 1. The molecule has 2 aliphatic heterocycles. The summed E-state index contributed by atoms with van der Waals surface area (Å²) in [5.74, 6) is -4.73. The number of carbonyl (C=O) groups is 6. The summed E-state index contributed by atoms with van der Waals surface area (Å²) < 4.78 is 34.6. The van der Waals surface area contributed by atoms with E-state index in [1.807, 2.05) is 0 Å². The van der Waals surface area contributed by atoms with Crippen LogP contribution in [0.4, 0.5) is 4.39 Å². The molecule has 1 aliphatic carbocycles. The number of halogens is 1. The van der Waals surface area contributed by atoms with Gasteiger partial charge in [0.15, 0.2) is 18.2 Å². The van der Waals surface area contributed by atoms with E-state index in [0.29, 0.717) is 35.7 Å². The second-order valence-corrected chi connectivity index (χ2v) is 12.7. The molecule has 10 nitrogen and oxygen atoms in total. The molecule has 0 N–H and O–H groups in total. The Labute approximate surface area is 287 Å². The van der Waals surface area contributed by atoms with Crippen molar-refractivity contribution in [2.75, 3.05) is 6.61 Å². The van der Waals surface area contributed by atoms with E-state index in [-0.39, 0.29) is 18.6 Å². The Bertz CT molecular complexity index is 1810. The Balaban J connectivity index is 0.941. The van der Waals surface area contributed by atoms with Crippen LogP contribution in [0.1, 0.15) is 83.8 Å². The molecule has 6 rings (SSSR count). The van der Waals surface area contributed by atoms with Crippen LogP contribution in [0.25, 0.3) is 6.08 Å². The van der Waals surface area contributed by atoms with E-state index in [9.17, 15) is 33.2 Å². The first-order valence-corrected chi connectivity index (χ1v) is 16.7. The van der Waals surface area contributed by atoms with E-state index in [0.717, 1.165) is 43.1 Å². The van der Waals surface area contributed by atoms with Crippen molar-refractivity contribution in [1.82, 2.24) is 0 Å². The molecular weight excluding hydrogens is 647 g/mol. The Morgan fingerprint density at radius 1 is 0.800 bits per heavy atom. The molecule has 5 atom stereocenters. The summed E-state index contributed by atoms with van der Waals surface area (Å²) >= 11 is 0. The zero-order chi connectivity index (χ0) is 35.2. The SMILES string of the molecule is O=CC(CCCCCCOc1ccc2c(c1)C1C(=O)OC(=O)C1CC2C1CC(=O)OC1=O)Oc1ccc(C=CC(=O)c2ccc(F)cc2)cc1. The summed E-state index contributed by atoms with van der Waals surface area (Å²) in [4.78, 5) is 73.2. The summed E-state index contributed by atoms with van der Waals surface area (Å²) in [5.41, 5.74) is 2.46. The monoisotopic (exact) mass is 682 g/mol. The summed E-state index contributed by atoms with van der Waals surface area (Å²) in [6.45, 7) is 0.410. The number of ether oxygens (including phenoxy) is 4.